The molecular weight excluding hydrogens is 477 g/mol. The van der Waals surface area contributed by atoms with E-state index >= 15 is 0 Å². The zero-order chi connectivity index (χ0) is 24.5. The number of halogens is 2. The van der Waals surface area contributed by atoms with Crippen LogP contribution in [0.4, 0.5) is 4.39 Å². The molecule has 1 fully saturated rings. The van der Waals surface area contributed by atoms with Crippen LogP contribution in [0.15, 0.2) is 66.7 Å². The molecule has 1 heterocycles. The number of nitriles is 1. The third-order valence-electron chi connectivity index (χ3n) is 5.94. The molecule has 4 rings (SSSR count). The lowest BCUT2D eigenvalue weighted by molar-refractivity contribution is -0.122. The second kappa shape index (κ2) is 9.65. The Labute approximate surface area is 202 Å². The molecule has 0 aliphatic carbocycles. The van der Waals surface area contributed by atoms with Crippen molar-refractivity contribution in [1.29, 1.82) is 5.26 Å². The summed E-state index contributed by atoms with van der Waals surface area (Å²) in [6, 6.07) is 19.1. The zero-order valence-corrected chi connectivity index (χ0v) is 19.8. The molecule has 1 saturated heterocycles. The minimum atomic E-state index is -3.91. The lowest BCUT2D eigenvalue weighted by Gasteiger charge is -2.36. The third-order valence-corrected chi connectivity index (χ3v) is 7.82. The van der Waals surface area contributed by atoms with Crippen molar-refractivity contribution in [2.24, 2.45) is 0 Å². The van der Waals surface area contributed by atoms with Gasteiger partial charge in [-0.2, -0.15) is 22.7 Å². The molecule has 0 aromatic heterocycles. The first-order chi connectivity index (χ1) is 16.2. The van der Waals surface area contributed by atoms with Crippen molar-refractivity contribution >= 4 is 27.6 Å². The highest BCUT2D eigenvalue weighted by molar-refractivity contribution is 7.87. The van der Waals surface area contributed by atoms with Gasteiger partial charge in [0.2, 0.25) is 0 Å². The van der Waals surface area contributed by atoms with E-state index in [1.807, 2.05) is 36.4 Å². The van der Waals surface area contributed by atoms with Gasteiger partial charge in [0.25, 0.3) is 10.2 Å². The highest BCUT2D eigenvalue weighted by Gasteiger charge is 2.40. The van der Waals surface area contributed by atoms with E-state index in [0.717, 1.165) is 21.0 Å². The number of nitrogens with zero attached hydrogens (tertiary/aromatic N) is 2. The molecule has 6 nitrogen and oxygen atoms in total. The van der Waals surface area contributed by atoms with Gasteiger partial charge < -0.3 is 0 Å². The summed E-state index contributed by atoms with van der Waals surface area (Å²) in [4.78, 5) is 13.1. The van der Waals surface area contributed by atoms with Crippen LogP contribution in [0.3, 0.4) is 0 Å². The van der Waals surface area contributed by atoms with Crippen molar-refractivity contribution < 1.29 is 17.6 Å². The van der Waals surface area contributed by atoms with Crippen LogP contribution in [0.1, 0.15) is 29.2 Å². The molecular formula is C25H21ClFN3O3S. The number of ketones is 1. The summed E-state index contributed by atoms with van der Waals surface area (Å²) < 4.78 is 42.8. The topological polar surface area (TPSA) is 90.3 Å². The molecule has 0 spiro atoms. The normalized spacial score (nSPS) is 19.9. The van der Waals surface area contributed by atoms with Gasteiger partial charge in [-0.1, -0.05) is 48.0 Å². The van der Waals surface area contributed by atoms with Crippen LogP contribution in [-0.4, -0.2) is 31.6 Å². The first-order valence-electron chi connectivity index (χ1n) is 10.5. The largest absolute Gasteiger partial charge is 0.298 e. The summed E-state index contributed by atoms with van der Waals surface area (Å²) in [6.45, 7) is 0. The monoisotopic (exact) mass is 497 g/mol. The van der Waals surface area contributed by atoms with E-state index in [4.69, 9.17) is 16.9 Å². The SMILES string of the molecule is CN1[C@@H](C(=O)Cc2ccc(F)c(Cl)c2)C[C@@H](c2cccc(-c3ccc(C#N)cc3)c2)NS1(=O)=O. The molecule has 0 saturated carbocycles. The Hall–Kier alpha value is -3.09. The first-order valence-corrected chi connectivity index (χ1v) is 12.3. The lowest BCUT2D eigenvalue weighted by Crippen LogP contribution is -2.55. The van der Waals surface area contributed by atoms with Gasteiger partial charge in [-0.3, -0.25) is 4.79 Å². The van der Waals surface area contributed by atoms with Gasteiger partial charge in [-0.05, 0) is 59.0 Å². The first kappa shape index (κ1) is 24.0. The van der Waals surface area contributed by atoms with Gasteiger partial charge in [0.1, 0.15) is 5.82 Å². The van der Waals surface area contributed by atoms with Gasteiger partial charge in [-0.15, -0.1) is 0 Å². The van der Waals surface area contributed by atoms with Gasteiger partial charge >= 0.3 is 0 Å². The number of rotatable bonds is 5. The minimum absolute atomic E-state index is 0.0669. The summed E-state index contributed by atoms with van der Waals surface area (Å²) in [5.41, 5.74) is 3.54. The Morgan fingerprint density at radius 1 is 1.15 bits per heavy atom. The van der Waals surface area contributed by atoms with Gasteiger partial charge in [0.15, 0.2) is 5.78 Å². The molecule has 1 aliphatic heterocycles. The maximum Gasteiger partial charge on any atom is 0.280 e. The lowest BCUT2D eigenvalue weighted by atomic mass is 9.93. The maximum absolute atomic E-state index is 13.5. The number of benzene rings is 3. The van der Waals surface area contributed by atoms with Crippen LogP contribution in [0.25, 0.3) is 11.1 Å². The smallest absolute Gasteiger partial charge is 0.280 e. The van der Waals surface area contributed by atoms with Crippen LogP contribution >= 0.6 is 11.6 Å². The number of carbonyl (C=O) groups excluding carboxylic acids is 1. The van der Waals surface area contributed by atoms with Crippen molar-refractivity contribution in [3.8, 4) is 17.2 Å². The molecule has 174 valence electrons. The fourth-order valence-electron chi connectivity index (χ4n) is 4.03. The van der Waals surface area contributed by atoms with E-state index in [9.17, 15) is 17.6 Å². The number of carbonyl (C=O) groups is 1. The molecule has 34 heavy (non-hydrogen) atoms. The fraction of sp³-hybridized carbons (Fsp3) is 0.200. The highest BCUT2D eigenvalue weighted by atomic mass is 35.5. The molecule has 0 amide bonds. The molecule has 3 aromatic rings. The van der Waals surface area contributed by atoms with Crippen molar-refractivity contribution in [2.75, 3.05) is 7.05 Å². The average Bonchev–Trinajstić information content (AvgIpc) is 2.83. The van der Waals surface area contributed by atoms with E-state index in [-0.39, 0.29) is 23.6 Å². The summed E-state index contributed by atoms with van der Waals surface area (Å²) >= 11 is 5.82. The van der Waals surface area contributed by atoms with Crippen LogP contribution < -0.4 is 4.72 Å². The number of likely N-dealkylation sites (N-methyl/N-ethyl adjacent to an activating group) is 1. The van der Waals surface area contributed by atoms with Crippen molar-refractivity contribution in [1.82, 2.24) is 9.03 Å². The summed E-state index contributed by atoms with van der Waals surface area (Å²) in [5, 5.41) is 8.91. The van der Waals surface area contributed by atoms with Crippen LogP contribution in [-0.2, 0) is 21.4 Å². The van der Waals surface area contributed by atoms with Crippen LogP contribution in [0, 0.1) is 17.1 Å². The van der Waals surface area contributed by atoms with E-state index < -0.39 is 28.1 Å². The second-order valence-electron chi connectivity index (χ2n) is 8.15. The number of Topliss-reactive ketones (excluding diaryl/α,β-unsaturated/α-hetero) is 1. The van der Waals surface area contributed by atoms with E-state index in [2.05, 4.69) is 10.8 Å². The van der Waals surface area contributed by atoms with Crippen molar-refractivity contribution in [2.45, 2.75) is 24.9 Å². The van der Waals surface area contributed by atoms with Gasteiger partial charge in [0.05, 0.1) is 22.7 Å². The molecule has 3 aromatic carbocycles. The predicted molar refractivity (Wildman–Crippen MR) is 128 cm³/mol. The number of hydrogen-bond acceptors (Lipinski definition) is 4. The zero-order valence-electron chi connectivity index (χ0n) is 18.2. The molecule has 2 atom stereocenters. The summed E-state index contributed by atoms with van der Waals surface area (Å²) in [7, 11) is -2.54. The quantitative estimate of drug-likeness (QED) is 0.565. The summed E-state index contributed by atoms with van der Waals surface area (Å²) in [5.74, 6) is -0.884. The van der Waals surface area contributed by atoms with Gasteiger partial charge in [-0.25, -0.2) is 4.39 Å². The van der Waals surface area contributed by atoms with Gasteiger partial charge in [0, 0.05) is 19.5 Å². The molecule has 0 bridgehead atoms. The van der Waals surface area contributed by atoms with Crippen LogP contribution in [0.2, 0.25) is 5.02 Å². The Balaban J connectivity index is 1.60. The van der Waals surface area contributed by atoms with E-state index in [0.29, 0.717) is 11.1 Å². The Kier molecular flexibility index (Phi) is 6.82. The number of nitrogens with one attached hydrogen (secondary N) is 1. The predicted octanol–water partition coefficient (Wildman–Crippen LogP) is 4.41. The van der Waals surface area contributed by atoms with Crippen LogP contribution in [0.5, 0.6) is 0 Å². The molecule has 1 aliphatic rings. The van der Waals surface area contributed by atoms with Crippen molar-refractivity contribution in [3.63, 3.8) is 0 Å². The molecule has 0 unspecified atom stereocenters. The molecule has 0 radical (unpaired) electrons. The van der Waals surface area contributed by atoms with E-state index in [1.165, 1.54) is 25.2 Å². The molecule has 9 heteroatoms. The summed E-state index contributed by atoms with van der Waals surface area (Å²) in [6.07, 6.45) is 0.169. The standard InChI is InChI=1S/C25H21ClFN3O3S/c1-30-24(25(31)12-17-7-10-22(27)21(26)11-17)14-23(29-34(30,32)33)20-4-2-3-19(13-20)18-8-5-16(15-28)6-9-18/h2-11,13,23-24,29H,12,14H2,1H3/t23-,24+/m0/s1. The minimum Gasteiger partial charge on any atom is -0.298 e. The second-order valence-corrected chi connectivity index (χ2v) is 10.3. The highest BCUT2D eigenvalue weighted by Crippen LogP contribution is 2.31. The molecule has 1 N–H and O–H groups in total. The maximum atomic E-state index is 13.5. The number of hydrogen-bond donors (Lipinski definition) is 1. The Morgan fingerprint density at radius 3 is 2.56 bits per heavy atom. The Morgan fingerprint density at radius 2 is 1.88 bits per heavy atom. The Bertz CT molecular complexity index is 1390. The average molecular weight is 498 g/mol. The van der Waals surface area contributed by atoms with Crippen molar-refractivity contribution in [3.05, 3.63) is 94.3 Å². The van der Waals surface area contributed by atoms with E-state index in [1.54, 1.807) is 12.1 Å². The fourth-order valence-corrected chi connectivity index (χ4v) is 5.53. The third kappa shape index (κ3) is 5.03.